The highest BCUT2D eigenvalue weighted by Crippen LogP contribution is 2.38. The molecule has 0 radical (unpaired) electrons. The van der Waals surface area contributed by atoms with Gasteiger partial charge in [0.15, 0.2) is 0 Å². The van der Waals surface area contributed by atoms with Crippen LogP contribution in [0, 0.1) is 11.8 Å². The zero-order valence-electron chi connectivity index (χ0n) is 20.2. The number of carbonyl (C=O) groups excluding carboxylic acids is 1. The van der Waals surface area contributed by atoms with Crippen LogP contribution in [0.15, 0.2) is 23.1 Å². The molecule has 5 heterocycles. The fraction of sp³-hybridized carbons (Fsp3) is 0.577. The van der Waals surface area contributed by atoms with Crippen LogP contribution < -0.4 is 15.1 Å². The summed E-state index contributed by atoms with van der Waals surface area (Å²) in [6.45, 7) is 4.75. The highest BCUT2D eigenvalue weighted by atomic mass is 32.2. The van der Waals surface area contributed by atoms with Crippen molar-refractivity contribution >= 4 is 34.2 Å². The van der Waals surface area contributed by atoms with E-state index in [0.717, 1.165) is 55.6 Å². The van der Waals surface area contributed by atoms with Gasteiger partial charge >= 0.3 is 0 Å². The Bertz CT molecular complexity index is 1220. The number of fused-ring (bicyclic) bond motifs is 3. The topological polar surface area (TPSA) is 81.7 Å². The number of carbonyl (C=O) groups is 1. The molecule has 184 valence electrons. The number of amides is 1. The number of nitrogens with zero attached hydrogens (tertiary/aromatic N) is 5. The SMILES string of the molecule is CN1CC(Nc2nc(N3CC4CN(c5ccc6c(c5)CC6)CC4C3)nc3c2S(=O)CC3)CCC1=O. The second-order valence-electron chi connectivity index (χ2n) is 10.9. The van der Waals surface area contributed by atoms with E-state index in [1.165, 1.54) is 29.7 Å². The maximum absolute atomic E-state index is 12.8. The average Bonchev–Trinajstić information content (AvgIpc) is 3.51. The van der Waals surface area contributed by atoms with Crippen LogP contribution in [0.2, 0.25) is 0 Å². The number of nitrogens with one attached hydrogen (secondary N) is 1. The number of aryl methyl sites for hydroxylation is 3. The molecule has 0 saturated carbocycles. The van der Waals surface area contributed by atoms with Gasteiger partial charge in [0.2, 0.25) is 11.9 Å². The maximum atomic E-state index is 12.8. The van der Waals surface area contributed by atoms with E-state index >= 15 is 0 Å². The molecule has 3 fully saturated rings. The van der Waals surface area contributed by atoms with Gasteiger partial charge in [-0.2, -0.15) is 4.98 Å². The maximum Gasteiger partial charge on any atom is 0.227 e. The van der Waals surface area contributed by atoms with Gasteiger partial charge in [-0.1, -0.05) is 6.07 Å². The summed E-state index contributed by atoms with van der Waals surface area (Å²) in [6.07, 6.45) is 4.50. The van der Waals surface area contributed by atoms with Crippen molar-refractivity contribution in [3.8, 4) is 0 Å². The summed E-state index contributed by atoms with van der Waals surface area (Å²) in [5, 5.41) is 3.55. The second-order valence-corrected chi connectivity index (χ2v) is 12.4. The minimum Gasteiger partial charge on any atom is -0.371 e. The van der Waals surface area contributed by atoms with E-state index in [2.05, 4.69) is 33.3 Å². The molecule has 1 amide bonds. The monoisotopic (exact) mass is 492 g/mol. The fourth-order valence-corrected chi connectivity index (χ4v) is 7.81. The summed E-state index contributed by atoms with van der Waals surface area (Å²) in [5.74, 6) is 3.51. The van der Waals surface area contributed by atoms with Crippen molar-refractivity contribution in [3.05, 3.63) is 35.0 Å². The molecule has 1 N–H and O–H groups in total. The summed E-state index contributed by atoms with van der Waals surface area (Å²) in [5.41, 5.74) is 5.35. The third-order valence-corrected chi connectivity index (χ3v) is 10.1. The normalized spacial score (nSPS) is 29.2. The van der Waals surface area contributed by atoms with Gasteiger partial charge in [0, 0.05) is 81.9 Å². The van der Waals surface area contributed by atoms with Crippen molar-refractivity contribution in [1.29, 1.82) is 0 Å². The van der Waals surface area contributed by atoms with E-state index < -0.39 is 10.8 Å². The Hall–Kier alpha value is -2.68. The molecular weight excluding hydrogens is 460 g/mol. The first kappa shape index (κ1) is 21.6. The van der Waals surface area contributed by atoms with E-state index in [4.69, 9.17) is 9.97 Å². The lowest BCUT2D eigenvalue weighted by atomic mass is 9.88. The molecule has 4 unspecified atom stereocenters. The van der Waals surface area contributed by atoms with Crippen molar-refractivity contribution < 1.29 is 9.00 Å². The molecule has 0 spiro atoms. The minimum absolute atomic E-state index is 0.122. The Morgan fingerprint density at radius 2 is 1.71 bits per heavy atom. The van der Waals surface area contributed by atoms with Crippen LogP contribution >= 0.6 is 0 Å². The fourth-order valence-electron chi connectivity index (χ4n) is 6.49. The van der Waals surface area contributed by atoms with Crippen LogP contribution in [-0.4, -0.2) is 76.6 Å². The molecule has 5 aliphatic rings. The molecule has 0 bridgehead atoms. The lowest BCUT2D eigenvalue weighted by Gasteiger charge is -2.31. The summed E-state index contributed by atoms with van der Waals surface area (Å²) in [4.78, 5) is 29.2. The number of piperidine rings is 1. The van der Waals surface area contributed by atoms with Crippen LogP contribution in [0.3, 0.4) is 0 Å². The number of likely N-dealkylation sites (N-methyl/N-ethyl adjacent to an activating group) is 1. The van der Waals surface area contributed by atoms with Crippen LogP contribution in [0.1, 0.15) is 29.7 Å². The van der Waals surface area contributed by atoms with E-state index in [9.17, 15) is 9.00 Å². The molecule has 3 saturated heterocycles. The lowest BCUT2D eigenvalue weighted by Crippen LogP contribution is -2.43. The van der Waals surface area contributed by atoms with Gasteiger partial charge in [-0.3, -0.25) is 9.00 Å². The Labute approximate surface area is 208 Å². The smallest absolute Gasteiger partial charge is 0.227 e. The Morgan fingerprint density at radius 1 is 0.943 bits per heavy atom. The highest BCUT2D eigenvalue weighted by Gasteiger charge is 2.42. The number of benzene rings is 1. The number of hydrogen-bond acceptors (Lipinski definition) is 7. The molecule has 8 nitrogen and oxygen atoms in total. The quantitative estimate of drug-likeness (QED) is 0.698. The van der Waals surface area contributed by atoms with E-state index in [-0.39, 0.29) is 11.9 Å². The lowest BCUT2D eigenvalue weighted by molar-refractivity contribution is -0.132. The average molecular weight is 493 g/mol. The Morgan fingerprint density at radius 3 is 2.43 bits per heavy atom. The molecular formula is C26H32N6O2S. The van der Waals surface area contributed by atoms with Crippen molar-refractivity contribution in [1.82, 2.24) is 14.9 Å². The third kappa shape index (κ3) is 3.70. The first-order valence-corrected chi connectivity index (χ1v) is 14.2. The van der Waals surface area contributed by atoms with Gasteiger partial charge in [0.05, 0.1) is 16.5 Å². The van der Waals surface area contributed by atoms with Crippen LogP contribution in [0.4, 0.5) is 17.5 Å². The largest absolute Gasteiger partial charge is 0.371 e. The number of likely N-dealkylation sites (tertiary alicyclic amines) is 1. The van der Waals surface area contributed by atoms with Crippen LogP contribution in [-0.2, 0) is 34.9 Å². The molecule has 4 aliphatic heterocycles. The Balaban J connectivity index is 1.09. The molecule has 35 heavy (non-hydrogen) atoms. The molecule has 1 aromatic carbocycles. The van der Waals surface area contributed by atoms with Gasteiger partial charge in [-0.25, -0.2) is 4.98 Å². The van der Waals surface area contributed by atoms with Crippen molar-refractivity contribution in [2.24, 2.45) is 11.8 Å². The number of anilines is 3. The van der Waals surface area contributed by atoms with Gasteiger partial charge < -0.3 is 20.0 Å². The first-order chi connectivity index (χ1) is 17.0. The highest BCUT2D eigenvalue weighted by molar-refractivity contribution is 7.85. The molecule has 2 aromatic rings. The summed E-state index contributed by atoms with van der Waals surface area (Å²) in [7, 11) is 0.783. The number of hydrogen-bond donors (Lipinski definition) is 1. The van der Waals surface area contributed by atoms with E-state index in [0.29, 0.717) is 36.4 Å². The van der Waals surface area contributed by atoms with Crippen molar-refractivity contribution in [3.63, 3.8) is 0 Å². The number of rotatable bonds is 4. The van der Waals surface area contributed by atoms with E-state index in [1.54, 1.807) is 4.90 Å². The standard InChI is InChI=1S/C26H32N6O2S/c1-30-15-20(5-7-23(30)33)27-25-24-22(8-9-35(24)34)28-26(29-25)32-13-18-11-31(12-19(18)14-32)21-6-4-16-2-3-17(16)10-21/h4,6,10,18-20H,2-3,5,7-9,11-15H2,1H3,(H,27,28,29). The van der Waals surface area contributed by atoms with Gasteiger partial charge in [0.25, 0.3) is 0 Å². The van der Waals surface area contributed by atoms with Crippen molar-refractivity contribution in [2.45, 2.75) is 43.0 Å². The molecule has 9 heteroatoms. The predicted molar refractivity (Wildman–Crippen MR) is 137 cm³/mol. The molecule has 4 atom stereocenters. The van der Waals surface area contributed by atoms with Crippen molar-refractivity contribution in [2.75, 3.05) is 60.6 Å². The molecule has 1 aromatic heterocycles. The van der Waals surface area contributed by atoms with Crippen LogP contribution in [0.25, 0.3) is 0 Å². The van der Waals surface area contributed by atoms with E-state index in [1.807, 2.05) is 7.05 Å². The van der Waals surface area contributed by atoms with Crippen LogP contribution in [0.5, 0.6) is 0 Å². The summed E-state index contributed by atoms with van der Waals surface area (Å²) in [6, 6.07) is 7.13. The van der Waals surface area contributed by atoms with Gasteiger partial charge in [-0.15, -0.1) is 0 Å². The number of aromatic nitrogens is 2. The minimum atomic E-state index is -1.06. The summed E-state index contributed by atoms with van der Waals surface area (Å²) >= 11 is 0. The Kier molecular flexibility index (Phi) is 5.05. The first-order valence-electron chi connectivity index (χ1n) is 12.9. The zero-order chi connectivity index (χ0) is 23.7. The molecule has 7 rings (SSSR count). The second kappa shape index (κ2) is 8.18. The predicted octanol–water partition coefficient (Wildman–Crippen LogP) is 1.84. The van der Waals surface area contributed by atoms with Gasteiger partial charge in [-0.05, 0) is 42.5 Å². The molecule has 1 aliphatic carbocycles. The van der Waals surface area contributed by atoms with Gasteiger partial charge in [0.1, 0.15) is 10.7 Å². The zero-order valence-corrected chi connectivity index (χ0v) is 21.0. The summed E-state index contributed by atoms with van der Waals surface area (Å²) < 4.78 is 12.8. The third-order valence-electron chi connectivity index (χ3n) is 8.63.